The van der Waals surface area contributed by atoms with Crippen molar-refractivity contribution in [2.75, 3.05) is 0 Å². The molecule has 0 bridgehead atoms. The van der Waals surface area contributed by atoms with E-state index < -0.39 is 2.62 Å². The van der Waals surface area contributed by atoms with Gasteiger partial charge < -0.3 is 0 Å². The molecule has 0 fully saturated rings. The van der Waals surface area contributed by atoms with Crippen molar-refractivity contribution in [2.24, 2.45) is 0 Å². The average Bonchev–Trinajstić information content (AvgIpc) is 0.722. The number of rotatable bonds is 0. The van der Waals surface area contributed by atoms with Gasteiger partial charge in [-0.05, 0) is 0 Å². The van der Waals surface area contributed by atoms with Crippen LogP contribution < -0.4 is 0 Å². The van der Waals surface area contributed by atoms with Crippen LogP contribution in [-0.2, 0) is 0 Å². The third-order valence-electron chi connectivity index (χ3n) is 0. The second kappa shape index (κ2) is 2.67. The van der Waals surface area contributed by atoms with Gasteiger partial charge in [0.25, 0.3) is 0 Å². The van der Waals surface area contributed by atoms with Crippen LogP contribution in [0.25, 0.3) is 0 Å². The first kappa shape index (κ1) is 3.62. The third-order valence-corrected chi connectivity index (χ3v) is 0. The van der Waals surface area contributed by atoms with Crippen molar-refractivity contribution < 1.29 is 1.37 Å². The average molecular weight is 254 g/mol. The van der Waals surface area contributed by atoms with E-state index in [0.717, 1.165) is 0 Å². The maximum atomic E-state index is 6.69. The van der Waals surface area contributed by atoms with Crippen molar-refractivity contribution in [1.29, 1.82) is 0 Å². The van der Waals surface area contributed by atoms with E-state index in [1.807, 2.05) is 0 Å². The van der Waals surface area contributed by atoms with Crippen molar-refractivity contribution in [1.82, 2.24) is 0 Å². The molecule has 26 valence electrons. The summed E-state index contributed by atoms with van der Waals surface area (Å²) in [5, 5.41) is 0. The summed E-state index contributed by atoms with van der Waals surface area (Å²) in [5.74, 6) is 0. The largest absolute Gasteiger partial charge is 0.124 e. The Morgan fingerprint density at radius 1 is 1.50 bits per heavy atom. The van der Waals surface area contributed by atoms with Crippen LogP contribution in [0, 0.1) is 0 Å². The fraction of sp³-hybridized carbons (Fsp3) is 1.00. The Morgan fingerprint density at radius 3 is 1.50 bits per heavy atom. The Hall–Kier alpha value is 1.44. The Balaban J connectivity index is 3.02. The Labute approximate surface area is 51.7 Å². The van der Waals surface area contributed by atoms with Gasteiger partial charge in [-0.1, -0.05) is 47.8 Å². The van der Waals surface area contributed by atoms with E-state index >= 15 is 0 Å². The van der Waals surface area contributed by atoms with E-state index in [-0.39, 0.29) is 0 Å². The normalized spacial score (nSPS) is 15.2. The van der Waals surface area contributed by atoms with Crippen LogP contribution in [0.4, 0.5) is 0 Å². The summed E-state index contributed by atoms with van der Waals surface area (Å²) >= 11 is 8.62. The molecule has 0 aromatic carbocycles. The monoisotopic (exact) mass is 251 g/mol. The summed E-state index contributed by atoms with van der Waals surface area (Å²) in [6, 6.07) is 0. The first-order chi connectivity index (χ1) is 2.00. The first-order valence-electron chi connectivity index (χ1n) is 1.07. The molecule has 0 radical (unpaired) electrons. The molecule has 0 aliphatic heterocycles. The van der Waals surface area contributed by atoms with Crippen molar-refractivity contribution in [3.05, 3.63) is 0 Å². The van der Waals surface area contributed by atoms with Crippen LogP contribution in [0.3, 0.4) is 0 Å². The maximum Gasteiger partial charge on any atom is 0.124 e. The van der Waals surface area contributed by atoms with Gasteiger partial charge in [-0.3, -0.25) is 0 Å². The minimum absolute atomic E-state index is 0.812. The van der Waals surface area contributed by atoms with Gasteiger partial charge in [0, 0.05) is 0 Å². The molecule has 0 aliphatic carbocycles. The predicted octanol–water partition coefficient (Wildman–Crippen LogP) is 2.45. The molecular weight excluding hydrogens is 252 g/mol. The SMILES string of the molecule is [2H]C(Br)(Br)Br. The van der Waals surface area contributed by atoms with Gasteiger partial charge in [-0.2, -0.15) is 0 Å². The van der Waals surface area contributed by atoms with Crippen molar-refractivity contribution in [2.45, 2.75) is 2.62 Å². The lowest BCUT2D eigenvalue weighted by Gasteiger charge is -1.70. The second-order valence-corrected chi connectivity index (χ2v) is 5.79. The molecule has 0 unspecified atom stereocenters. The van der Waals surface area contributed by atoms with Gasteiger partial charge in [0.15, 0.2) is 0 Å². The van der Waals surface area contributed by atoms with E-state index in [4.69, 9.17) is 1.37 Å². The lowest BCUT2D eigenvalue weighted by atomic mass is 12.0. The van der Waals surface area contributed by atoms with E-state index in [1.54, 1.807) is 0 Å². The zero-order chi connectivity index (χ0) is 4.50. The molecule has 0 aromatic heterocycles. The lowest BCUT2D eigenvalue weighted by molar-refractivity contribution is 2.28. The lowest BCUT2D eigenvalue weighted by Crippen LogP contribution is -1.49. The number of hydrogen-bond acceptors (Lipinski definition) is 0. The van der Waals surface area contributed by atoms with E-state index in [1.165, 1.54) is 0 Å². The Morgan fingerprint density at radius 2 is 1.50 bits per heavy atom. The molecule has 0 atom stereocenters. The highest BCUT2D eigenvalue weighted by Gasteiger charge is 1.77. The summed E-state index contributed by atoms with van der Waals surface area (Å²) < 4.78 is 5.88. The molecule has 3 heteroatoms. The summed E-state index contributed by atoms with van der Waals surface area (Å²) in [7, 11) is 0. The fourth-order valence-corrected chi connectivity index (χ4v) is 0. The summed E-state index contributed by atoms with van der Waals surface area (Å²) in [6.45, 7) is 0. The second-order valence-electron chi connectivity index (χ2n) is 0.214. The predicted molar refractivity (Wildman–Crippen MR) is 30.6 cm³/mol. The molecule has 4 heavy (non-hydrogen) atoms. The van der Waals surface area contributed by atoms with Gasteiger partial charge in [-0.15, -0.1) is 0 Å². The topological polar surface area (TPSA) is 0 Å². The minimum atomic E-state index is -0.812. The van der Waals surface area contributed by atoms with Crippen LogP contribution in [0.15, 0.2) is 0 Å². The van der Waals surface area contributed by atoms with Crippen LogP contribution in [-0.4, -0.2) is 2.62 Å². The molecule has 0 spiro atoms. The van der Waals surface area contributed by atoms with Gasteiger partial charge >= 0.3 is 0 Å². The van der Waals surface area contributed by atoms with Crippen LogP contribution >= 0.6 is 47.8 Å². The van der Waals surface area contributed by atoms with Gasteiger partial charge in [0.05, 0.1) is 1.37 Å². The van der Waals surface area contributed by atoms with Gasteiger partial charge in [-0.25, -0.2) is 0 Å². The van der Waals surface area contributed by atoms with Crippen LogP contribution in [0.1, 0.15) is 1.37 Å². The highest BCUT2D eigenvalue weighted by Crippen LogP contribution is 2.13. The van der Waals surface area contributed by atoms with Gasteiger partial charge in [0.1, 0.15) is 2.62 Å². The Bertz CT molecular complexity index is 22.4. The number of hydrogen-bond donors (Lipinski definition) is 0. The van der Waals surface area contributed by atoms with Gasteiger partial charge in [0.2, 0.25) is 0 Å². The molecular formula is CHBr3. The molecule has 0 nitrogen and oxygen atoms in total. The highest BCUT2D eigenvalue weighted by molar-refractivity contribution is 9.38. The summed E-state index contributed by atoms with van der Waals surface area (Å²) in [4.78, 5) is 0. The third kappa shape index (κ3) is 9.88. The summed E-state index contributed by atoms with van der Waals surface area (Å²) in [5.41, 5.74) is 0. The van der Waals surface area contributed by atoms with E-state index in [0.29, 0.717) is 0 Å². The first-order valence-corrected chi connectivity index (χ1v) is 2.95. The molecule has 0 N–H and O–H groups in total. The van der Waals surface area contributed by atoms with Crippen molar-refractivity contribution in [3.8, 4) is 0 Å². The Kier molecular flexibility index (Phi) is 2.41. The van der Waals surface area contributed by atoms with Crippen molar-refractivity contribution in [3.63, 3.8) is 0 Å². The zero-order valence-electron chi connectivity index (χ0n) is 2.63. The fourth-order valence-electron chi connectivity index (χ4n) is 0. The standard InChI is InChI=1S/CHBr3/c2-1(3)4/h1H/i1D. The zero-order valence-corrected chi connectivity index (χ0v) is 6.39. The van der Waals surface area contributed by atoms with E-state index in [9.17, 15) is 0 Å². The number of alkyl halides is 3. The molecule has 0 saturated carbocycles. The highest BCUT2D eigenvalue weighted by atomic mass is 80.0. The van der Waals surface area contributed by atoms with E-state index in [2.05, 4.69) is 47.8 Å². The number of halogens is 3. The maximum absolute atomic E-state index is 6.69. The molecule has 0 aliphatic rings. The van der Waals surface area contributed by atoms with Crippen molar-refractivity contribution >= 4 is 47.8 Å². The smallest absolute Gasteiger partial charge is 0.0637 e. The molecule has 0 saturated heterocycles. The minimum Gasteiger partial charge on any atom is -0.0637 e. The molecule has 0 amide bonds. The van der Waals surface area contributed by atoms with Crippen LogP contribution in [0.2, 0.25) is 0 Å². The molecule has 0 heterocycles. The quantitative estimate of drug-likeness (QED) is 0.582. The summed E-state index contributed by atoms with van der Waals surface area (Å²) in [6.07, 6.45) is 0. The molecule has 0 rings (SSSR count). The molecule has 0 aromatic rings. The van der Waals surface area contributed by atoms with Crippen LogP contribution in [0.5, 0.6) is 0 Å².